The van der Waals surface area contributed by atoms with E-state index in [-0.39, 0.29) is 11.6 Å². The summed E-state index contributed by atoms with van der Waals surface area (Å²) >= 11 is 4.34. The Morgan fingerprint density at radius 1 is 0.909 bits per heavy atom. The third-order valence-electron chi connectivity index (χ3n) is 6.24. The second-order valence-electron chi connectivity index (χ2n) is 9.40. The number of ether oxygens (including phenoxy) is 1. The molecule has 0 spiro atoms. The molecule has 3 amide bonds. The second-order valence-corrected chi connectivity index (χ2v) is 12.6. The zero-order valence-corrected chi connectivity index (χ0v) is 26.2. The molecule has 5 aromatic rings. The van der Waals surface area contributed by atoms with Crippen molar-refractivity contribution in [2.75, 3.05) is 17.7 Å². The van der Waals surface area contributed by atoms with Gasteiger partial charge in [0, 0.05) is 21.5 Å². The third kappa shape index (κ3) is 8.22. The number of anilines is 2. The van der Waals surface area contributed by atoms with E-state index < -0.39 is 17.1 Å². The highest BCUT2D eigenvalue weighted by atomic mass is 32.2. The number of thiazole rings is 1. The number of methoxy groups -OCH3 is 1. The van der Waals surface area contributed by atoms with Crippen molar-refractivity contribution in [2.24, 2.45) is 0 Å². The Morgan fingerprint density at radius 2 is 1.70 bits per heavy atom. The Kier molecular flexibility index (Phi) is 10.2. The van der Waals surface area contributed by atoms with Crippen LogP contribution in [0.1, 0.15) is 22.8 Å². The lowest BCUT2D eigenvalue weighted by molar-refractivity contribution is -0.115. The van der Waals surface area contributed by atoms with Gasteiger partial charge < -0.3 is 20.7 Å². The number of carbonyl (C=O) groups is 3. The number of hydrogen-bond donors (Lipinski definition) is 3. The SMILES string of the molecule is COc1ccc(/C=C(/NC(=O)c2ccccc2)C(=O)Nc2cccc(SC(C)C(=O)Nc3nc(-c4cccs4)cs3)c2)cc1. The van der Waals surface area contributed by atoms with Crippen molar-refractivity contribution in [1.29, 1.82) is 0 Å². The molecule has 44 heavy (non-hydrogen) atoms. The standard InChI is InChI=1S/C33H28N4O4S3/c1-21(30(38)37-33-36-28(20-43-33)29-12-7-17-42-29)44-26-11-6-10-24(19-26)34-32(40)27(18-22-13-15-25(41-2)16-14-22)35-31(39)23-8-4-3-5-9-23/h3-21H,1-2H3,(H,34,40)(H,35,39)(H,36,37,38)/b27-18+. The summed E-state index contributed by atoms with van der Waals surface area (Å²) in [5.74, 6) is -0.408. The van der Waals surface area contributed by atoms with Crippen molar-refractivity contribution < 1.29 is 19.1 Å². The first-order chi connectivity index (χ1) is 21.4. The van der Waals surface area contributed by atoms with E-state index in [4.69, 9.17) is 4.74 Å². The molecular formula is C33H28N4O4S3. The van der Waals surface area contributed by atoms with Crippen LogP contribution in [-0.4, -0.2) is 35.1 Å². The number of aromatic nitrogens is 1. The maximum Gasteiger partial charge on any atom is 0.272 e. The van der Waals surface area contributed by atoms with Crippen molar-refractivity contribution in [3.63, 3.8) is 0 Å². The fourth-order valence-electron chi connectivity index (χ4n) is 3.99. The quantitative estimate of drug-likeness (QED) is 0.103. The molecule has 8 nitrogen and oxygen atoms in total. The summed E-state index contributed by atoms with van der Waals surface area (Å²) in [6, 6.07) is 27.0. The molecule has 2 heterocycles. The van der Waals surface area contributed by atoms with Gasteiger partial charge >= 0.3 is 0 Å². The molecule has 0 aliphatic heterocycles. The highest BCUT2D eigenvalue weighted by molar-refractivity contribution is 8.00. The van der Waals surface area contributed by atoms with E-state index >= 15 is 0 Å². The molecule has 3 N–H and O–H groups in total. The summed E-state index contributed by atoms with van der Waals surface area (Å²) in [6.45, 7) is 1.81. The zero-order valence-electron chi connectivity index (χ0n) is 23.8. The van der Waals surface area contributed by atoms with Crippen molar-refractivity contribution >= 4 is 69.1 Å². The molecular weight excluding hydrogens is 613 g/mol. The highest BCUT2D eigenvalue weighted by Gasteiger charge is 2.18. The smallest absolute Gasteiger partial charge is 0.272 e. The number of carbonyl (C=O) groups excluding carboxylic acids is 3. The molecule has 5 rings (SSSR count). The van der Waals surface area contributed by atoms with Crippen LogP contribution in [0.2, 0.25) is 0 Å². The second kappa shape index (κ2) is 14.6. The van der Waals surface area contributed by atoms with Crippen LogP contribution in [0.5, 0.6) is 5.75 Å². The lowest BCUT2D eigenvalue weighted by Crippen LogP contribution is -2.30. The van der Waals surface area contributed by atoms with Gasteiger partial charge in [-0.2, -0.15) is 0 Å². The molecule has 222 valence electrons. The van der Waals surface area contributed by atoms with Gasteiger partial charge in [0.25, 0.3) is 11.8 Å². The average Bonchev–Trinajstić information content (AvgIpc) is 3.74. The molecule has 0 fully saturated rings. The van der Waals surface area contributed by atoms with Crippen LogP contribution in [0.25, 0.3) is 16.6 Å². The van der Waals surface area contributed by atoms with E-state index in [1.165, 1.54) is 23.1 Å². The first-order valence-corrected chi connectivity index (χ1v) is 16.1. The van der Waals surface area contributed by atoms with Crippen molar-refractivity contribution in [1.82, 2.24) is 10.3 Å². The van der Waals surface area contributed by atoms with Crippen molar-refractivity contribution in [3.8, 4) is 16.3 Å². The molecule has 1 unspecified atom stereocenters. The first-order valence-electron chi connectivity index (χ1n) is 13.5. The summed E-state index contributed by atoms with van der Waals surface area (Å²) in [7, 11) is 1.58. The molecule has 0 saturated heterocycles. The summed E-state index contributed by atoms with van der Waals surface area (Å²) in [4.78, 5) is 45.7. The summed E-state index contributed by atoms with van der Waals surface area (Å²) < 4.78 is 5.22. The van der Waals surface area contributed by atoms with Gasteiger partial charge in [0.15, 0.2) is 5.13 Å². The van der Waals surface area contributed by atoms with E-state index in [0.717, 1.165) is 15.5 Å². The number of nitrogens with zero attached hydrogens (tertiary/aromatic N) is 1. The zero-order chi connectivity index (χ0) is 30.9. The topological polar surface area (TPSA) is 109 Å². The minimum atomic E-state index is -0.497. The van der Waals surface area contributed by atoms with Crippen LogP contribution >= 0.6 is 34.4 Å². The molecule has 0 bridgehead atoms. The maximum absolute atomic E-state index is 13.4. The molecule has 1 atom stereocenters. The van der Waals surface area contributed by atoms with Gasteiger partial charge in [-0.15, -0.1) is 34.4 Å². The Balaban J connectivity index is 1.26. The molecule has 3 aromatic carbocycles. The van der Waals surface area contributed by atoms with Crippen LogP contribution in [0.3, 0.4) is 0 Å². The monoisotopic (exact) mass is 640 g/mol. The van der Waals surface area contributed by atoms with Crippen LogP contribution in [0, 0.1) is 0 Å². The van der Waals surface area contributed by atoms with E-state index in [1.54, 1.807) is 91.3 Å². The number of thioether (sulfide) groups is 1. The minimum Gasteiger partial charge on any atom is -0.497 e. The summed E-state index contributed by atoms with van der Waals surface area (Å²) in [5.41, 5.74) is 2.55. The summed E-state index contributed by atoms with van der Waals surface area (Å²) in [6.07, 6.45) is 1.60. The predicted molar refractivity (Wildman–Crippen MR) is 179 cm³/mol. The molecule has 0 aliphatic carbocycles. The Morgan fingerprint density at radius 3 is 2.43 bits per heavy atom. The van der Waals surface area contributed by atoms with E-state index in [1.807, 2.05) is 41.9 Å². The highest BCUT2D eigenvalue weighted by Crippen LogP contribution is 2.30. The van der Waals surface area contributed by atoms with Gasteiger partial charge in [0.05, 0.1) is 22.9 Å². The molecule has 0 aliphatic rings. The lowest BCUT2D eigenvalue weighted by atomic mass is 10.1. The molecule has 0 saturated carbocycles. The van der Waals surface area contributed by atoms with E-state index in [2.05, 4.69) is 20.9 Å². The van der Waals surface area contributed by atoms with Gasteiger partial charge in [-0.3, -0.25) is 14.4 Å². The fraction of sp³-hybridized carbons (Fsp3) is 0.0909. The predicted octanol–water partition coefficient (Wildman–Crippen LogP) is 7.41. The van der Waals surface area contributed by atoms with Crippen LogP contribution in [-0.2, 0) is 9.59 Å². The maximum atomic E-state index is 13.4. The van der Waals surface area contributed by atoms with Gasteiger partial charge in [0.2, 0.25) is 5.91 Å². The van der Waals surface area contributed by atoms with Gasteiger partial charge in [-0.1, -0.05) is 42.5 Å². The van der Waals surface area contributed by atoms with Crippen LogP contribution in [0.15, 0.2) is 112 Å². The third-order valence-corrected chi connectivity index (χ3v) is 8.98. The van der Waals surface area contributed by atoms with Crippen LogP contribution in [0.4, 0.5) is 10.8 Å². The number of hydrogen-bond acceptors (Lipinski definition) is 8. The normalized spacial score (nSPS) is 11.8. The molecule has 2 aromatic heterocycles. The van der Waals surface area contributed by atoms with E-state index in [0.29, 0.717) is 27.7 Å². The first kappa shape index (κ1) is 30.7. The fourth-order valence-corrected chi connectivity index (χ4v) is 6.39. The molecule has 0 radical (unpaired) electrons. The average molecular weight is 641 g/mol. The number of nitrogens with one attached hydrogen (secondary N) is 3. The molecule has 11 heteroatoms. The number of thiophene rings is 1. The Hall–Kier alpha value is -4.71. The summed E-state index contributed by atoms with van der Waals surface area (Å²) in [5, 5.41) is 12.5. The Bertz CT molecular complexity index is 1770. The number of amides is 3. The van der Waals surface area contributed by atoms with Gasteiger partial charge in [-0.25, -0.2) is 4.98 Å². The van der Waals surface area contributed by atoms with Gasteiger partial charge in [0.1, 0.15) is 11.4 Å². The largest absolute Gasteiger partial charge is 0.497 e. The van der Waals surface area contributed by atoms with Crippen molar-refractivity contribution in [2.45, 2.75) is 17.1 Å². The van der Waals surface area contributed by atoms with Crippen molar-refractivity contribution in [3.05, 3.63) is 119 Å². The van der Waals surface area contributed by atoms with Crippen LogP contribution < -0.4 is 20.7 Å². The van der Waals surface area contributed by atoms with E-state index in [9.17, 15) is 14.4 Å². The number of rotatable bonds is 11. The van der Waals surface area contributed by atoms with Gasteiger partial charge in [-0.05, 0) is 72.5 Å². The minimum absolute atomic E-state index is 0.0696. The number of benzene rings is 3. The Labute approximate surface area is 267 Å². The lowest BCUT2D eigenvalue weighted by Gasteiger charge is -2.14.